The molecule has 1 amide bonds. The van der Waals surface area contributed by atoms with E-state index in [2.05, 4.69) is 15.5 Å². The van der Waals surface area contributed by atoms with Crippen LogP contribution in [0.4, 0.5) is 5.69 Å². The number of pyridine rings is 1. The number of hydrogen-bond donors (Lipinski definition) is 1. The highest BCUT2D eigenvalue weighted by atomic mass is 32.2. The first-order valence-electron chi connectivity index (χ1n) is 9.32. The van der Waals surface area contributed by atoms with E-state index in [9.17, 15) is 23.3 Å². The van der Waals surface area contributed by atoms with Gasteiger partial charge in [-0.2, -0.15) is 13.5 Å². The standard InChI is InChI=1S/C21H18N4O7S/c1-14-3-5-17(12-18(14)25(27)28)33(29,30)32-19-6-4-15(11-20(19)31-2)13-23-24-21(26)16-7-9-22-10-8-16/h3-13H,1-2H3,(H,24,26)/b23-13+. The predicted octanol–water partition coefficient (Wildman–Crippen LogP) is 2.84. The van der Waals surface area contributed by atoms with E-state index in [0.717, 1.165) is 6.07 Å². The molecule has 0 radical (unpaired) electrons. The van der Waals surface area contributed by atoms with Crippen LogP contribution >= 0.6 is 0 Å². The van der Waals surface area contributed by atoms with Crippen molar-refractivity contribution < 1.29 is 27.1 Å². The minimum Gasteiger partial charge on any atom is -0.493 e. The van der Waals surface area contributed by atoms with Crippen LogP contribution < -0.4 is 14.3 Å². The summed E-state index contributed by atoms with van der Waals surface area (Å²) in [5.74, 6) is -0.484. The maximum atomic E-state index is 12.6. The van der Waals surface area contributed by atoms with E-state index in [-0.39, 0.29) is 22.1 Å². The lowest BCUT2D eigenvalue weighted by molar-refractivity contribution is -0.385. The fraction of sp³-hybridized carbons (Fsp3) is 0.0952. The molecule has 170 valence electrons. The Balaban J connectivity index is 1.78. The highest BCUT2D eigenvalue weighted by molar-refractivity contribution is 7.87. The number of carbonyl (C=O) groups excluding carboxylic acids is 1. The zero-order valence-corrected chi connectivity index (χ0v) is 18.3. The Kier molecular flexibility index (Phi) is 6.98. The zero-order chi connectivity index (χ0) is 24.0. The first-order valence-corrected chi connectivity index (χ1v) is 10.7. The predicted molar refractivity (Wildman–Crippen MR) is 118 cm³/mol. The Labute approximate surface area is 189 Å². The lowest BCUT2D eigenvalue weighted by atomic mass is 10.2. The topological polar surface area (TPSA) is 150 Å². The Hall–Kier alpha value is -4.32. The van der Waals surface area contributed by atoms with Crippen molar-refractivity contribution in [1.82, 2.24) is 10.4 Å². The van der Waals surface area contributed by atoms with Gasteiger partial charge in [0, 0.05) is 29.6 Å². The molecule has 0 unspecified atom stereocenters. The van der Waals surface area contributed by atoms with Gasteiger partial charge in [-0.25, -0.2) is 5.43 Å². The Bertz CT molecular complexity index is 1330. The molecule has 33 heavy (non-hydrogen) atoms. The number of nitrogens with one attached hydrogen (secondary N) is 1. The number of amides is 1. The highest BCUT2D eigenvalue weighted by Gasteiger charge is 2.23. The smallest absolute Gasteiger partial charge is 0.339 e. The summed E-state index contributed by atoms with van der Waals surface area (Å²) in [5.41, 5.74) is 3.20. The number of hydrazone groups is 1. The lowest BCUT2D eigenvalue weighted by Crippen LogP contribution is -2.17. The molecule has 0 aliphatic carbocycles. The van der Waals surface area contributed by atoms with Crippen LogP contribution in [0, 0.1) is 17.0 Å². The van der Waals surface area contributed by atoms with Crippen LogP contribution in [0.15, 0.2) is 70.9 Å². The fourth-order valence-electron chi connectivity index (χ4n) is 2.67. The van der Waals surface area contributed by atoms with Gasteiger partial charge in [-0.15, -0.1) is 0 Å². The van der Waals surface area contributed by atoms with Gasteiger partial charge >= 0.3 is 10.1 Å². The van der Waals surface area contributed by atoms with Crippen LogP contribution in [0.25, 0.3) is 0 Å². The summed E-state index contributed by atoms with van der Waals surface area (Å²) in [6.45, 7) is 1.50. The molecule has 2 aromatic carbocycles. The molecule has 0 aliphatic rings. The molecule has 0 atom stereocenters. The number of aromatic nitrogens is 1. The maximum absolute atomic E-state index is 12.6. The van der Waals surface area contributed by atoms with E-state index in [1.165, 1.54) is 75.1 Å². The molecule has 0 bridgehead atoms. The Morgan fingerprint density at radius 3 is 2.52 bits per heavy atom. The average molecular weight is 470 g/mol. The van der Waals surface area contributed by atoms with E-state index in [4.69, 9.17) is 8.92 Å². The number of nitro groups is 1. The molecule has 3 aromatic rings. The second kappa shape index (κ2) is 9.87. The number of nitrogens with zero attached hydrogens (tertiary/aromatic N) is 3. The van der Waals surface area contributed by atoms with Gasteiger partial charge in [0.15, 0.2) is 11.5 Å². The van der Waals surface area contributed by atoms with Crippen LogP contribution in [0.3, 0.4) is 0 Å². The summed E-state index contributed by atoms with van der Waals surface area (Å²) >= 11 is 0. The first-order chi connectivity index (χ1) is 15.7. The molecular formula is C21H18N4O7S. The van der Waals surface area contributed by atoms with Crippen LogP contribution in [0.1, 0.15) is 21.5 Å². The van der Waals surface area contributed by atoms with E-state index in [0.29, 0.717) is 16.7 Å². The van der Waals surface area contributed by atoms with Gasteiger partial charge in [-0.1, -0.05) is 6.07 Å². The van der Waals surface area contributed by atoms with E-state index >= 15 is 0 Å². The quantitative estimate of drug-likeness (QED) is 0.228. The van der Waals surface area contributed by atoms with Crippen LogP contribution in [0.2, 0.25) is 0 Å². The van der Waals surface area contributed by atoms with Crippen molar-refractivity contribution in [1.29, 1.82) is 0 Å². The van der Waals surface area contributed by atoms with Gasteiger partial charge in [-0.05, 0) is 48.9 Å². The van der Waals surface area contributed by atoms with Crippen LogP contribution in [-0.4, -0.2) is 37.6 Å². The minimum atomic E-state index is -4.37. The van der Waals surface area contributed by atoms with Gasteiger partial charge in [0.25, 0.3) is 11.6 Å². The third kappa shape index (κ3) is 5.68. The maximum Gasteiger partial charge on any atom is 0.339 e. The monoisotopic (exact) mass is 470 g/mol. The van der Waals surface area contributed by atoms with Crippen molar-refractivity contribution >= 4 is 27.9 Å². The van der Waals surface area contributed by atoms with E-state index in [1.54, 1.807) is 0 Å². The number of methoxy groups -OCH3 is 1. The molecule has 3 rings (SSSR count). The SMILES string of the molecule is COc1cc(/C=N/NC(=O)c2ccncc2)ccc1OS(=O)(=O)c1ccc(C)c([N+](=O)[O-])c1. The van der Waals surface area contributed by atoms with Crippen molar-refractivity contribution in [3.63, 3.8) is 0 Å². The van der Waals surface area contributed by atoms with Gasteiger partial charge in [-0.3, -0.25) is 19.9 Å². The molecule has 0 aliphatic heterocycles. The summed E-state index contributed by atoms with van der Waals surface area (Å²) in [7, 11) is -3.05. The third-order valence-electron chi connectivity index (χ3n) is 4.38. The summed E-state index contributed by atoms with van der Waals surface area (Å²) in [4.78, 5) is 25.9. The summed E-state index contributed by atoms with van der Waals surface area (Å²) in [6, 6.07) is 10.8. The van der Waals surface area contributed by atoms with Gasteiger partial charge in [0.2, 0.25) is 0 Å². The van der Waals surface area contributed by atoms with Gasteiger partial charge in [0.05, 0.1) is 18.2 Å². The number of benzene rings is 2. The number of nitro benzene ring substituents is 1. The number of hydrogen-bond acceptors (Lipinski definition) is 9. The normalized spacial score (nSPS) is 11.2. The number of ether oxygens (including phenoxy) is 1. The largest absolute Gasteiger partial charge is 0.493 e. The number of aryl methyl sites for hydroxylation is 1. The van der Waals surface area contributed by atoms with E-state index < -0.39 is 20.9 Å². The molecule has 0 fully saturated rings. The molecule has 0 saturated carbocycles. The molecule has 0 saturated heterocycles. The molecule has 1 heterocycles. The summed E-state index contributed by atoms with van der Waals surface area (Å²) in [6.07, 6.45) is 4.29. The van der Waals surface area contributed by atoms with Gasteiger partial charge in [0.1, 0.15) is 4.90 Å². The van der Waals surface area contributed by atoms with Crippen molar-refractivity contribution in [3.05, 3.63) is 87.7 Å². The number of carbonyl (C=O) groups is 1. The second-order valence-electron chi connectivity index (χ2n) is 6.59. The second-order valence-corrected chi connectivity index (χ2v) is 8.13. The van der Waals surface area contributed by atoms with Crippen LogP contribution in [0.5, 0.6) is 11.5 Å². The lowest BCUT2D eigenvalue weighted by Gasteiger charge is -2.11. The molecule has 12 heteroatoms. The van der Waals surface area contributed by atoms with Crippen LogP contribution in [-0.2, 0) is 10.1 Å². The molecule has 0 spiro atoms. The fourth-order valence-corrected chi connectivity index (χ4v) is 3.64. The minimum absolute atomic E-state index is 0.0737. The van der Waals surface area contributed by atoms with Crippen molar-refractivity contribution in [3.8, 4) is 11.5 Å². The average Bonchev–Trinajstić information content (AvgIpc) is 2.80. The van der Waals surface area contributed by atoms with Crippen molar-refractivity contribution in [2.75, 3.05) is 7.11 Å². The van der Waals surface area contributed by atoms with E-state index in [1.807, 2.05) is 0 Å². The molecular weight excluding hydrogens is 452 g/mol. The van der Waals surface area contributed by atoms with Gasteiger partial charge < -0.3 is 8.92 Å². The highest BCUT2D eigenvalue weighted by Crippen LogP contribution is 2.31. The zero-order valence-electron chi connectivity index (χ0n) is 17.5. The summed E-state index contributed by atoms with van der Waals surface area (Å²) in [5, 5.41) is 15.0. The Morgan fingerprint density at radius 1 is 1.12 bits per heavy atom. The van der Waals surface area contributed by atoms with Crippen molar-refractivity contribution in [2.24, 2.45) is 5.10 Å². The van der Waals surface area contributed by atoms with Crippen molar-refractivity contribution in [2.45, 2.75) is 11.8 Å². The first kappa shape index (κ1) is 23.3. The Morgan fingerprint density at radius 2 is 1.85 bits per heavy atom. The molecule has 1 aromatic heterocycles. The molecule has 11 nitrogen and oxygen atoms in total. The molecule has 1 N–H and O–H groups in total. The summed E-state index contributed by atoms with van der Waals surface area (Å²) < 4.78 is 35.6. The third-order valence-corrected chi connectivity index (χ3v) is 5.61. The number of rotatable bonds is 8.